The van der Waals surface area contributed by atoms with Gasteiger partial charge in [-0.25, -0.2) is 23.1 Å². The lowest BCUT2D eigenvalue weighted by atomic mass is 10.1. The van der Waals surface area contributed by atoms with Gasteiger partial charge in [0.25, 0.3) is 0 Å². The number of aliphatic imine (C=N–C) groups is 1. The van der Waals surface area contributed by atoms with Crippen LogP contribution in [0, 0.1) is 0 Å². The summed E-state index contributed by atoms with van der Waals surface area (Å²) in [5.41, 5.74) is 1.80. The highest BCUT2D eigenvalue weighted by Gasteiger charge is 2.20. The van der Waals surface area contributed by atoms with E-state index in [1.807, 2.05) is 48.7 Å². The first-order chi connectivity index (χ1) is 14.5. The van der Waals surface area contributed by atoms with E-state index in [1.54, 1.807) is 0 Å². The molecule has 8 nitrogen and oxygen atoms in total. The van der Waals surface area contributed by atoms with Crippen LogP contribution in [-0.4, -0.2) is 64.0 Å². The lowest BCUT2D eigenvalue weighted by molar-refractivity contribution is 0.371. The predicted octanol–water partition coefficient (Wildman–Crippen LogP) is 2.04. The van der Waals surface area contributed by atoms with E-state index in [9.17, 15) is 8.42 Å². The van der Waals surface area contributed by atoms with Gasteiger partial charge in [0.1, 0.15) is 5.82 Å². The number of hydrogen-bond donors (Lipinski definition) is 2. The molecule has 0 spiro atoms. The third-order valence-corrected chi connectivity index (χ3v) is 6.32. The molecule has 10 heteroatoms. The molecule has 0 unspecified atom stereocenters. The van der Waals surface area contributed by atoms with E-state index in [4.69, 9.17) is 4.99 Å². The number of piperazine rings is 1. The summed E-state index contributed by atoms with van der Waals surface area (Å²) in [6.07, 6.45) is 1.83. The van der Waals surface area contributed by atoms with Gasteiger partial charge in [0, 0.05) is 38.9 Å². The van der Waals surface area contributed by atoms with E-state index in [2.05, 4.69) is 31.7 Å². The van der Waals surface area contributed by atoms with Crippen molar-refractivity contribution in [2.24, 2.45) is 4.99 Å². The molecule has 3 rings (SSSR count). The van der Waals surface area contributed by atoms with Crippen LogP contribution in [0.2, 0.25) is 0 Å². The van der Waals surface area contributed by atoms with Crippen LogP contribution in [-0.2, 0) is 22.3 Å². The molecule has 1 aliphatic heterocycles. The van der Waals surface area contributed by atoms with Crippen molar-refractivity contribution < 1.29 is 8.42 Å². The molecular weight excluding hydrogens is 527 g/mol. The lowest BCUT2D eigenvalue weighted by Crippen LogP contribution is -2.52. The summed E-state index contributed by atoms with van der Waals surface area (Å²) >= 11 is 0. The maximum atomic E-state index is 11.7. The summed E-state index contributed by atoms with van der Waals surface area (Å²) in [4.78, 5) is 13.8. The standard InChI is InChI=1S/C21H30N6O2S.HI/c1-3-23-21(27-14-12-26(13-15-27)20-6-4-5-11-24-20)25-16-18-7-9-19(10-8-18)17-30(28,29)22-2;/h4-11,22H,3,12-17H2,1-2H3,(H,23,25);1H. The Balaban J connectivity index is 0.00000341. The van der Waals surface area contributed by atoms with Crippen LogP contribution in [0.3, 0.4) is 0 Å². The van der Waals surface area contributed by atoms with Crippen molar-refractivity contribution in [3.05, 3.63) is 59.8 Å². The Hall–Kier alpha value is -1.92. The van der Waals surface area contributed by atoms with Gasteiger partial charge >= 0.3 is 0 Å². The minimum atomic E-state index is -3.26. The second-order valence-electron chi connectivity index (χ2n) is 7.11. The minimum absolute atomic E-state index is 0. The third-order valence-electron chi connectivity index (χ3n) is 4.99. The average Bonchev–Trinajstić information content (AvgIpc) is 2.78. The summed E-state index contributed by atoms with van der Waals surface area (Å²) < 4.78 is 25.7. The van der Waals surface area contributed by atoms with E-state index in [0.29, 0.717) is 6.54 Å². The van der Waals surface area contributed by atoms with Gasteiger partial charge < -0.3 is 15.1 Å². The molecule has 2 aromatic rings. The Bertz CT molecular complexity index is 930. The maximum Gasteiger partial charge on any atom is 0.215 e. The van der Waals surface area contributed by atoms with Gasteiger partial charge in [-0.3, -0.25) is 0 Å². The first-order valence-electron chi connectivity index (χ1n) is 10.2. The van der Waals surface area contributed by atoms with Crippen LogP contribution >= 0.6 is 24.0 Å². The number of benzene rings is 1. The van der Waals surface area contributed by atoms with Crippen molar-refractivity contribution in [1.29, 1.82) is 0 Å². The number of nitrogens with zero attached hydrogens (tertiary/aromatic N) is 4. The van der Waals surface area contributed by atoms with Crippen LogP contribution in [0.15, 0.2) is 53.7 Å². The molecule has 2 N–H and O–H groups in total. The average molecular weight is 558 g/mol. The smallest absolute Gasteiger partial charge is 0.215 e. The lowest BCUT2D eigenvalue weighted by Gasteiger charge is -2.37. The molecule has 0 aliphatic carbocycles. The van der Waals surface area contributed by atoms with E-state index in [-0.39, 0.29) is 29.7 Å². The largest absolute Gasteiger partial charge is 0.357 e. The van der Waals surface area contributed by atoms with Crippen molar-refractivity contribution >= 4 is 45.8 Å². The van der Waals surface area contributed by atoms with Crippen molar-refractivity contribution in [2.45, 2.75) is 19.2 Å². The fraction of sp³-hybridized carbons (Fsp3) is 0.429. The highest BCUT2D eigenvalue weighted by molar-refractivity contribution is 14.0. The van der Waals surface area contributed by atoms with Crippen molar-refractivity contribution in [2.75, 3.05) is 44.7 Å². The SMILES string of the molecule is CCNC(=NCc1ccc(CS(=O)(=O)NC)cc1)N1CCN(c2ccccn2)CC1.I. The Labute approximate surface area is 202 Å². The van der Waals surface area contributed by atoms with Gasteiger partial charge in [-0.1, -0.05) is 30.3 Å². The van der Waals surface area contributed by atoms with Gasteiger partial charge in [0.05, 0.1) is 12.3 Å². The zero-order chi connectivity index (χ0) is 21.4. The van der Waals surface area contributed by atoms with E-state index < -0.39 is 10.0 Å². The number of pyridine rings is 1. The zero-order valence-electron chi connectivity index (χ0n) is 18.0. The summed E-state index contributed by atoms with van der Waals surface area (Å²) in [6.45, 7) is 6.97. The fourth-order valence-corrected chi connectivity index (χ4v) is 4.09. The second-order valence-corrected chi connectivity index (χ2v) is 9.04. The number of rotatable bonds is 7. The van der Waals surface area contributed by atoms with Gasteiger partial charge in [-0.15, -0.1) is 24.0 Å². The number of aromatic nitrogens is 1. The van der Waals surface area contributed by atoms with Gasteiger partial charge in [0.15, 0.2) is 5.96 Å². The normalized spacial score (nSPS) is 14.8. The molecule has 1 aromatic heterocycles. The molecule has 0 radical (unpaired) electrons. The van der Waals surface area contributed by atoms with Crippen molar-refractivity contribution in [1.82, 2.24) is 19.9 Å². The summed E-state index contributed by atoms with van der Waals surface area (Å²) in [7, 11) is -1.83. The molecule has 2 heterocycles. The number of hydrogen-bond acceptors (Lipinski definition) is 5. The van der Waals surface area contributed by atoms with E-state index in [0.717, 1.165) is 55.6 Å². The summed E-state index contributed by atoms with van der Waals surface area (Å²) in [5, 5.41) is 3.38. The topological polar surface area (TPSA) is 89.9 Å². The Morgan fingerprint density at radius 2 is 1.74 bits per heavy atom. The van der Waals surface area contributed by atoms with Gasteiger partial charge in [-0.05, 0) is 37.2 Å². The maximum absolute atomic E-state index is 11.7. The van der Waals surface area contributed by atoms with Crippen LogP contribution in [0.1, 0.15) is 18.1 Å². The van der Waals surface area contributed by atoms with Gasteiger partial charge in [0.2, 0.25) is 10.0 Å². The van der Waals surface area contributed by atoms with Gasteiger partial charge in [-0.2, -0.15) is 0 Å². The Kier molecular flexibility index (Phi) is 9.97. The first kappa shape index (κ1) is 25.3. The second kappa shape index (κ2) is 12.2. The molecular formula is C21H31IN6O2S. The number of sulfonamides is 1. The highest BCUT2D eigenvalue weighted by atomic mass is 127. The molecule has 0 saturated carbocycles. The number of guanidine groups is 1. The van der Waals surface area contributed by atoms with E-state index in [1.165, 1.54) is 7.05 Å². The summed E-state index contributed by atoms with van der Waals surface area (Å²) in [6, 6.07) is 13.6. The molecule has 1 saturated heterocycles. The Morgan fingerprint density at radius 1 is 1.06 bits per heavy atom. The zero-order valence-corrected chi connectivity index (χ0v) is 21.1. The van der Waals surface area contributed by atoms with Crippen LogP contribution in [0.5, 0.6) is 0 Å². The molecule has 0 bridgehead atoms. The fourth-order valence-electron chi connectivity index (χ4n) is 3.31. The minimum Gasteiger partial charge on any atom is -0.357 e. The molecule has 1 fully saturated rings. The molecule has 31 heavy (non-hydrogen) atoms. The molecule has 170 valence electrons. The van der Waals surface area contributed by atoms with Crippen LogP contribution < -0.4 is 14.9 Å². The first-order valence-corrected chi connectivity index (χ1v) is 11.8. The number of nitrogens with one attached hydrogen (secondary N) is 2. The Morgan fingerprint density at radius 3 is 2.32 bits per heavy atom. The predicted molar refractivity (Wildman–Crippen MR) is 136 cm³/mol. The molecule has 1 aromatic carbocycles. The van der Waals surface area contributed by atoms with E-state index >= 15 is 0 Å². The number of anilines is 1. The number of halogens is 1. The highest BCUT2D eigenvalue weighted by Crippen LogP contribution is 2.13. The quantitative estimate of drug-likeness (QED) is 0.307. The van der Waals surface area contributed by atoms with Crippen LogP contribution in [0.4, 0.5) is 5.82 Å². The summed E-state index contributed by atoms with van der Waals surface area (Å²) in [5.74, 6) is 1.90. The monoisotopic (exact) mass is 558 g/mol. The van der Waals surface area contributed by atoms with Crippen molar-refractivity contribution in [3.63, 3.8) is 0 Å². The third kappa shape index (κ3) is 7.62. The molecule has 1 aliphatic rings. The molecule has 0 amide bonds. The molecule has 0 atom stereocenters. The van der Waals surface area contributed by atoms with Crippen LogP contribution in [0.25, 0.3) is 0 Å². The van der Waals surface area contributed by atoms with Crippen molar-refractivity contribution in [3.8, 4) is 0 Å².